The average molecular weight is 341 g/mol. The summed E-state index contributed by atoms with van der Waals surface area (Å²) in [4.78, 5) is 21.1. The maximum atomic E-state index is 12.3. The first-order chi connectivity index (χ1) is 11.5. The van der Waals surface area contributed by atoms with E-state index in [4.69, 9.17) is 17.3 Å². The highest BCUT2D eigenvalue weighted by atomic mass is 35.5. The zero-order valence-corrected chi connectivity index (χ0v) is 13.9. The number of nitrogens with one attached hydrogen (secondary N) is 1. The van der Waals surface area contributed by atoms with Crippen molar-refractivity contribution in [2.45, 2.75) is 6.54 Å². The second kappa shape index (κ2) is 6.76. The minimum Gasteiger partial charge on any atom is -0.384 e. The Bertz CT molecular complexity index is 899. The highest BCUT2D eigenvalue weighted by Gasteiger charge is 2.10. The molecule has 6 heteroatoms. The highest BCUT2D eigenvalue weighted by molar-refractivity contribution is 6.31. The number of anilines is 1. The molecule has 3 aromatic rings. The van der Waals surface area contributed by atoms with Crippen molar-refractivity contribution in [3.05, 3.63) is 65.0 Å². The van der Waals surface area contributed by atoms with Crippen molar-refractivity contribution in [2.24, 2.45) is 0 Å². The Kier molecular flexibility index (Phi) is 4.53. The summed E-state index contributed by atoms with van der Waals surface area (Å²) in [5.74, 6) is 0.366. The number of hydrogen-bond acceptors (Lipinski definition) is 3. The number of H-pyrrole nitrogens is 1. The maximum absolute atomic E-state index is 12.3. The van der Waals surface area contributed by atoms with Crippen LogP contribution in [0.4, 0.5) is 5.82 Å². The van der Waals surface area contributed by atoms with Crippen LogP contribution in [0.1, 0.15) is 11.1 Å². The summed E-state index contributed by atoms with van der Waals surface area (Å²) < 4.78 is 0. The van der Waals surface area contributed by atoms with Crippen LogP contribution in [0.5, 0.6) is 0 Å². The van der Waals surface area contributed by atoms with Gasteiger partial charge in [-0.1, -0.05) is 17.7 Å². The number of carbonyl (C=O) groups excluding carboxylic acids is 1. The third kappa shape index (κ3) is 3.58. The number of hydrogen-bond donors (Lipinski definition) is 2. The van der Waals surface area contributed by atoms with Gasteiger partial charge in [0.2, 0.25) is 5.91 Å². The fraction of sp³-hybridized carbons (Fsp3) is 0.111. The van der Waals surface area contributed by atoms with Gasteiger partial charge in [0, 0.05) is 48.0 Å². The number of benzene rings is 1. The Morgan fingerprint density at radius 3 is 2.96 bits per heavy atom. The number of aromatic amines is 1. The lowest BCUT2D eigenvalue weighted by Gasteiger charge is -2.14. The van der Waals surface area contributed by atoms with Crippen LogP contribution in [0.3, 0.4) is 0 Å². The molecule has 0 unspecified atom stereocenters. The van der Waals surface area contributed by atoms with Gasteiger partial charge < -0.3 is 15.6 Å². The fourth-order valence-electron chi connectivity index (χ4n) is 2.43. The van der Waals surface area contributed by atoms with Crippen molar-refractivity contribution in [1.82, 2.24) is 14.9 Å². The summed E-state index contributed by atoms with van der Waals surface area (Å²) in [6.07, 6.45) is 6.78. The summed E-state index contributed by atoms with van der Waals surface area (Å²) >= 11 is 5.99. The number of halogens is 1. The predicted molar refractivity (Wildman–Crippen MR) is 97.5 cm³/mol. The van der Waals surface area contributed by atoms with Gasteiger partial charge in [0.1, 0.15) is 5.82 Å². The predicted octanol–water partition coefficient (Wildman–Crippen LogP) is 3.47. The third-order valence-corrected chi connectivity index (χ3v) is 3.98. The minimum absolute atomic E-state index is 0.0878. The van der Waals surface area contributed by atoms with E-state index in [2.05, 4.69) is 9.97 Å². The van der Waals surface area contributed by atoms with Crippen molar-refractivity contribution in [2.75, 3.05) is 12.8 Å². The number of pyridine rings is 1. The van der Waals surface area contributed by atoms with E-state index in [1.54, 1.807) is 30.3 Å². The monoisotopic (exact) mass is 340 g/mol. The molecule has 0 aliphatic rings. The van der Waals surface area contributed by atoms with Gasteiger partial charge in [-0.15, -0.1) is 0 Å². The number of nitrogens with two attached hydrogens (primary N) is 1. The summed E-state index contributed by atoms with van der Waals surface area (Å²) in [5, 5.41) is 1.74. The molecule has 3 rings (SSSR count). The van der Waals surface area contributed by atoms with E-state index >= 15 is 0 Å². The van der Waals surface area contributed by atoms with Crippen LogP contribution in [0, 0.1) is 0 Å². The number of nitrogens with zero attached hydrogens (tertiary/aromatic N) is 2. The molecule has 0 saturated heterocycles. The quantitative estimate of drug-likeness (QED) is 0.714. The number of rotatable bonds is 4. The fourth-order valence-corrected chi connectivity index (χ4v) is 2.60. The number of aromatic nitrogens is 2. The molecule has 1 aromatic carbocycles. The first-order valence-electron chi connectivity index (χ1n) is 7.43. The third-order valence-electron chi connectivity index (χ3n) is 3.74. The summed E-state index contributed by atoms with van der Waals surface area (Å²) in [6, 6.07) is 9.19. The molecule has 3 N–H and O–H groups in total. The van der Waals surface area contributed by atoms with Gasteiger partial charge in [-0.05, 0) is 41.5 Å². The normalized spacial score (nSPS) is 11.2. The van der Waals surface area contributed by atoms with Crippen molar-refractivity contribution >= 4 is 40.3 Å². The Balaban J connectivity index is 1.70. The first kappa shape index (κ1) is 16.1. The van der Waals surface area contributed by atoms with Gasteiger partial charge in [-0.25, -0.2) is 4.98 Å². The molecule has 122 valence electrons. The zero-order valence-electron chi connectivity index (χ0n) is 13.2. The lowest BCUT2D eigenvalue weighted by atomic mass is 10.1. The molecule has 2 aromatic heterocycles. The number of nitrogen functional groups attached to an aromatic ring is 1. The summed E-state index contributed by atoms with van der Waals surface area (Å²) in [5.41, 5.74) is 8.37. The van der Waals surface area contributed by atoms with Crippen molar-refractivity contribution in [3.8, 4) is 0 Å². The average Bonchev–Trinajstić information content (AvgIpc) is 2.96. The van der Waals surface area contributed by atoms with E-state index in [0.717, 1.165) is 22.0 Å². The van der Waals surface area contributed by atoms with Gasteiger partial charge in [0.25, 0.3) is 0 Å². The first-order valence-corrected chi connectivity index (χ1v) is 7.81. The second-order valence-electron chi connectivity index (χ2n) is 5.55. The van der Waals surface area contributed by atoms with Crippen LogP contribution >= 0.6 is 11.6 Å². The minimum atomic E-state index is -0.0878. The molecule has 2 heterocycles. The molecular formula is C18H17ClN4O. The topological polar surface area (TPSA) is 75.0 Å². The van der Waals surface area contributed by atoms with E-state index in [1.807, 2.05) is 30.5 Å². The van der Waals surface area contributed by atoms with Gasteiger partial charge in [-0.3, -0.25) is 4.79 Å². The number of fused-ring (bicyclic) bond motifs is 1. The molecule has 0 fully saturated rings. The van der Waals surface area contributed by atoms with E-state index in [1.165, 1.54) is 6.08 Å². The molecule has 0 atom stereocenters. The van der Waals surface area contributed by atoms with Crippen LogP contribution in [-0.2, 0) is 11.3 Å². The Morgan fingerprint density at radius 2 is 2.21 bits per heavy atom. The molecular weight excluding hydrogens is 324 g/mol. The molecule has 5 nitrogen and oxygen atoms in total. The van der Waals surface area contributed by atoms with Crippen LogP contribution in [0.25, 0.3) is 17.0 Å². The van der Waals surface area contributed by atoms with E-state index in [-0.39, 0.29) is 5.91 Å². The molecule has 0 radical (unpaired) electrons. The molecule has 24 heavy (non-hydrogen) atoms. The standard InChI is InChI=1S/C18H17ClN4O/c1-23(18(24)7-3-12-2-6-17(20)22-9-12)11-13-10-21-16-8-14(19)4-5-15(13)16/h2-10,21H,11H2,1H3,(H2,20,22)/b7-3+. The lowest BCUT2D eigenvalue weighted by Crippen LogP contribution is -2.23. The van der Waals surface area contributed by atoms with E-state index in [0.29, 0.717) is 17.4 Å². The molecule has 0 saturated carbocycles. The lowest BCUT2D eigenvalue weighted by molar-refractivity contribution is -0.125. The van der Waals surface area contributed by atoms with E-state index in [9.17, 15) is 4.79 Å². The van der Waals surface area contributed by atoms with Crippen LogP contribution in [0.15, 0.2) is 48.8 Å². The van der Waals surface area contributed by atoms with Gasteiger partial charge >= 0.3 is 0 Å². The molecule has 0 bridgehead atoms. The van der Waals surface area contributed by atoms with Crippen LogP contribution in [0.2, 0.25) is 5.02 Å². The molecule has 0 spiro atoms. The largest absolute Gasteiger partial charge is 0.384 e. The number of amides is 1. The van der Waals surface area contributed by atoms with Gasteiger partial charge in [0.05, 0.1) is 0 Å². The number of carbonyl (C=O) groups is 1. The Hall–Kier alpha value is -2.79. The number of likely N-dealkylation sites (N-methyl/N-ethyl adjacent to an activating group) is 1. The van der Waals surface area contributed by atoms with Gasteiger partial charge in [-0.2, -0.15) is 0 Å². The molecule has 0 aliphatic heterocycles. The van der Waals surface area contributed by atoms with Crippen LogP contribution in [-0.4, -0.2) is 27.8 Å². The highest BCUT2D eigenvalue weighted by Crippen LogP contribution is 2.23. The SMILES string of the molecule is CN(Cc1c[nH]c2cc(Cl)ccc12)C(=O)/C=C/c1ccc(N)nc1. The molecule has 1 amide bonds. The second-order valence-corrected chi connectivity index (χ2v) is 5.98. The maximum Gasteiger partial charge on any atom is 0.246 e. The Labute approximate surface area is 144 Å². The van der Waals surface area contributed by atoms with E-state index < -0.39 is 0 Å². The molecule has 0 aliphatic carbocycles. The van der Waals surface area contributed by atoms with Gasteiger partial charge in [0.15, 0.2) is 0 Å². The zero-order chi connectivity index (χ0) is 17.1. The summed E-state index contributed by atoms with van der Waals surface area (Å²) in [7, 11) is 1.77. The van der Waals surface area contributed by atoms with Crippen molar-refractivity contribution in [3.63, 3.8) is 0 Å². The Morgan fingerprint density at radius 1 is 1.38 bits per heavy atom. The smallest absolute Gasteiger partial charge is 0.246 e. The van der Waals surface area contributed by atoms with Crippen molar-refractivity contribution < 1.29 is 4.79 Å². The summed E-state index contributed by atoms with van der Waals surface area (Å²) in [6.45, 7) is 0.505. The van der Waals surface area contributed by atoms with Crippen LogP contribution < -0.4 is 5.73 Å². The van der Waals surface area contributed by atoms with Crippen molar-refractivity contribution in [1.29, 1.82) is 0 Å².